The van der Waals surface area contributed by atoms with Gasteiger partial charge in [0.2, 0.25) is 0 Å². The highest BCUT2D eigenvalue weighted by atomic mass is 16.6. The van der Waals surface area contributed by atoms with Gasteiger partial charge < -0.3 is 24.6 Å². The van der Waals surface area contributed by atoms with Crippen molar-refractivity contribution in [1.82, 2.24) is 4.90 Å². The Morgan fingerprint density at radius 1 is 1.31 bits per heavy atom. The first kappa shape index (κ1) is 19.4. The fourth-order valence-electron chi connectivity index (χ4n) is 6.85. The second kappa shape index (κ2) is 5.99. The first-order chi connectivity index (χ1) is 13.6. The number of allylic oxidation sites excluding steroid dienone is 1. The fourth-order valence-corrected chi connectivity index (χ4v) is 6.85. The third kappa shape index (κ3) is 2.32. The summed E-state index contributed by atoms with van der Waals surface area (Å²) in [7, 11) is 3.92. The van der Waals surface area contributed by atoms with Gasteiger partial charge in [-0.1, -0.05) is 18.2 Å². The van der Waals surface area contributed by atoms with E-state index in [2.05, 4.69) is 37.1 Å². The molecule has 1 saturated carbocycles. The van der Waals surface area contributed by atoms with Crippen LogP contribution in [0.2, 0.25) is 0 Å². The van der Waals surface area contributed by atoms with Crippen LogP contribution in [0.4, 0.5) is 0 Å². The number of aliphatic hydroxyl groups is 1. The topological polar surface area (TPSA) is 62.2 Å². The van der Waals surface area contributed by atoms with Gasteiger partial charge in [-0.15, -0.1) is 0 Å². The predicted octanol–water partition coefficient (Wildman–Crippen LogP) is 3.02. The number of hydrogen-bond acceptors (Lipinski definition) is 5. The maximum absolute atomic E-state index is 11.0. The van der Waals surface area contributed by atoms with E-state index in [1.807, 2.05) is 13.8 Å². The number of nitrogens with zero attached hydrogens (tertiary/aromatic N) is 1. The summed E-state index contributed by atoms with van der Waals surface area (Å²) >= 11 is 0. The van der Waals surface area contributed by atoms with Gasteiger partial charge in [-0.25, -0.2) is 0 Å². The van der Waals surface area contributed by atoms with Crippen LogP contribution in [0, 0.1) is 11.8 Å². The monoisotopic (exact) mass is 399 g/mol. The van der Waals surface area contributed by atoms with Crippen molar-refractivity contribution in [3.8, 4) is 11.5 Å². The van der Waals surface area contributed by atoms with Crippen molar-refractivity contribution in [2.24, 2.45) is 11.8 Å². The zero-order valence-corrected chi connectivity index (χ0v) is 18.1. The predicted molar refractivity (Wildman–Crippen MR) is 111 cm³/mol. The van der Waals surface area contributed by atoms with E-state index in [4.69, 9.17) is 9.47 Å². The molecule has 2 heterocycles. The normalized spacial score (nSPS) is 40.8. The number of benzene rings is 1. The van der Waals surface area contributed by atoms with Gasteiger partial charge in [0.25, 0.3) is 0 Å². The summed E-state index contributed by atoms with van der Waals surface area (Å²) < 4.78 is 12.9. The lowest BCUT2D eigenvalue weighted by Gasteiger charge is -2.61. The summed E-state index contributed by atoms with van der Waals surface area (Å²) in [4.78, 5) is 2.43. The molecule has 6 rings (SSSR count). The number of rotatable bonds is 2. The maximum atomic E-state index is 11.0. The van der Waals surface area contributed by atoms with Gasteiger partial charge in [0, 0.05) is 30.0 Å². The van der Waals surface area contributed by atoms with E-state index in [9.17, 15) is 10.2 Å². The van der Waals surface area contributed by atoms with Crippen molar-refractivity contribution in [2.45, 2.75) is 68.8 Å². The Kier molecular flexibility index (Phi) is 4.01. The molecule has 29 heavy (non-hydrogen) atoms. The summed E-state index contributed by atoms with van der Waals surface area (Å²) in [5.41, 5.74) is 0.596. The number of fused-ring (bicyclic) bond motifs is 1. The quantitative estimate of drug-likeness (QED) is 0.749. The number of phenolic OH excluding ortho intramolecular Hbond substituents is 1. The van der Waals surface area contributed by atoms with Crippen molar-refractivity contribution in [3.05, 3.63) is 35.4 Å². The zero-order valence-electron chi connectivity index (χ0n) is 18.1. The van der Waals surface area contributed by atoms with Crippen LogP contribution in [0.3, 0.4) is 0 Å². The van der Waals surface area contributed by atoms with Gasteiger partial charge in [0.1, 0.15) is 11.7 Å². The Morgan fingerprint density at radius 2 is 2.07 bits per heavy atom. The average Bonchev–Trinajstić information content (AvgIpc) is 3.06. The molecule has 4 unspecified atom stereocenters. The molecule has 6 atom stereocenters. The van der Waals surface area contributed by atoms with Gasteiger partial charge >= 0.3 is 0 Å². The van der Waals surface area contributed by atoms with Gasteiger partial charge in [-0.2, -0.15) is 0 Å². The molecular formula is C24H33NO4. The standard InChI is InChI=1S/C24H33NO4/c1-14-12-15-6-7-17(26)20-19(15)23(10-11-25(14)4)16-8-9-24(28-5,21(23)29-20)18(13-16)22(2,3)27/h6-9,14,16,18,21,26-27H,10-13H2,1-5H3/t14-,16?,18?,21?,23-,24?/m0/s1. The van der Waals surface area contributed by atoms with Crippen LogP contribution in [-0.2, 0) is 16.6 Å². The van der Waals surface area contributed by atoms with E-state index in [0.717, 1.165) is 25.8 Å². The van der Waals surface area contributed by atoms with Gasteiger partial charge in [-0.3, -0.25) is 0 Å². The number of methoxy groups -OCH3 is 1. The third-order valence-electron chi connectivity index (χ3n) is 8.44. The lowest BCUT2D eigenvalue weighted by molar-refractivity contribution is -0.202. The first-order valence-corrected chi connectivity index (χ1v) is 10.8. The Hall–Kier alpha value is -1.56. The molecule has 5 nitrogen and oxygen atoms in total. The van der Waals surface area contributed by atoms with Crippen LogP contribution < -0.4 is 4.74 Å². The summed E-state index contributed by atoms with van der Waals surface area (Å²) in [6, 6.07) is 4.28. The van der Waals surface area contributed by atoms with E-state index in [1.54, 1.807) is 13.2 Å². The molecule has 2 bridgehead atoms. The molecule has 5 aliphatic rings. The van der Waals surface area contributed by atoms with Gasteiger partial charge in [0.05, 0.1) is 5.60 Å². The molecule has 0 radical (unpaired) electrons. The van der Waals surface area contributed by atoms with Gasteiger partial charge in [-0.05, 0) is 71.2 Å². The number of ether oxygens (including phenoxy) is 2. The van der Waals surface area contributed by atoms with Crippen molar-refractivity contribution in [1.29, 1.82) is 0 Å². The molecule has 158 valence electrons. The summed E-state index contributed by atoms with van der Waals surface area (Å²) in [5.74, 6) is 1.01. The minimum Gasteiger partial charge on any atom is -0.504 e. The van der Waals surface area contributed by atoms with Crippen molar-refractivity contribution < 1.29 is 19.7 Å². The SMILES string of the molecule is COC12C=CC(CC1C(C)(C)O)[C@@]13CCN(C)[C@@H](C)Cc4ccc(O)c(c41)OC23. The Morgan fingerprint density at radius 3 is 2.76 bits per heavy atom. The zero-order chi connectivity index (χ0) is 20.8. The second-order valence-electron chi connectivity index (χ2n) is 10.2. The molecule has 1 aromatic carbocycles. The average molecular weight is 400 g/mol. The lowest BCUT2D eigenvalue weighted by atomic mass is 9.47. The highest BCUT2D eigenvalue weighted by Gasteiger charge is 2.71. The van der Waals surface area contributed by atoms with Crippen LogP contribution in [0.1, 0.15) is 44.7 Å². The highest BCUT2D eigenvalue weighted by molar-refractivity contribution is 5.61. The molecule has 1 fully saturated rings. The van der Waals surface area contributed by atoms with Crippen LogP contribution in [-0.4, -0.2) is 59.2 Å². The number of likely N-dealkylation sites (N-methyl/N-ethyl adjacent to an activating group) is 1. The number of aromatic hydroxyl groups is 1. The number of hydrogen-bond donors (Lipinski definition) is 2. The fraction of sp³-hybridized carbons (Fsp3) is 0.667. The summed E-state index contributed by atoms with van der Waals surface area (Å²) in [5, 5.41) is 21.8. The van der Waals surface area contributed by atoms with Crippen LogP contribution in [0.15, 0.2) is 24.3 Å². The molecule has 1 spiro atoms. The largest absolute Gasteiger partial charge is 0.504 e. The molecule has 2 aliphatic heterocycles. The maximum Gasteiger partial charge on any atom is 0.165 e. The van der Waals surface area contributed by atoms with E-state index in [1.165, 1.54) is 11.1 Å². The Bertz CT molecular complexity index is 874. The summed E-state index contributed by atoms with van der Waals surface area (Å²) in [6.45, 7) is 6.97. The van der Waals surface area contributed by atoms with E-state index >= 15 is 0 Å². The molecule has 0 aromatic heterocycles. The minimum atomic E-state index is -0.892. The van der Waals surface area contributed by atoms with Crippen molar-refractivity contribution >= 4 is 0 Å². The smallest absolute Gasteiger partial charge is 0.165 e. The number of phenols is 1. The lowest BCUT2D eigenvalue weighted by Crippen LogP contribution is -2.71. The van der Waals surface area contributed by atoms with Crippen molar-refractivity contribution in [2.75, 3.05) is 20.7 Å². The highest BCUT2D eigenvalue weighted by Crippen LogP contribution is 2.66. The molecule has 0 amide bonds. The minimum absolute atomic E-state index is 0.0763. The second-order valence-corrected chi connectivity index (χ2v) is 10.2. The van der Waals surface area contributed by atoms with E-state index in [0.29, 0.717) is 11.8 Å². The molecule has 0 saturated heterocycles. The molecular weight excluding hydrogens is 366 g/mol. The Labute approximate surface area is 173 Å². The van der Waals surface area contributed by atoms with Crippen LogP contribution in [0.25, 0.3) is 0 Å². The van der Waals surface area contributed by atoms with Crippen LogP contribution >= 0.6 is 0 Å². The van der Waals surface area contributed by atoms with E-state index < -0.39 is 11.2 Å². The van der Waals surface area contributed by atoms with Gasteiger partial charge in [0.15, 0.2) is 11.5 Å². The Balaban J connectivity index is 1.76. The summed E-state index contributed by atoms with van der Waals surface area (Å²) in [6.07, 6.45) is 6.89. The molecule has 3 aliphatic carbocycles. The molecule has 5 heteroatoms. The first-order valence-electron chi connectivity index (χ1n) is 10.8. The van der Waals surface area contributed by atoms with E-state index in [-0.39, 0.29) is 29.1 Å². The van der Waals surface area contributed by atoms with Crippen molar-refractivity contribution in [3.63, 3.8) is 0 Å². The van der Waals surface area contributed by atoms with Crippen LogP contribution in [0.5, 0.6) is 11.5 Å². The third-order valence-corrected chi connectivity index (χ3v) is 8.44. The molecule has 1 aromatic rings. The molecule has 2 N–H and O–H groups in total.